The molecular formula is C16H18BrNOS. The van der Waals surface area contributed by atoms with E-state index in [1.807, 2.05) is 35.6 Å². The Hall–Kier alpha value is -0.840. The molecule has 20 heavy (non-hydrogen) atoms. The minimum absolute atomic E-state index is 0.646. The molecule has 106 valence electrons. The predicted molar refractivity (Wildman–Crippen MR) is 87.4 cm³/mol. The SMILES string of the molecule is Cc1sc(CNC2CC2)cc1COc1ccc(Br)cc1. The van der Waals surface area contributed by atoms with Crippen LogP contribution in [0.1, 0.15) is 28.2 Å². The van der Waals surface area contributed by atoms with Gasteiger partial charge in [-0.1, -0.05) is 15.9 Å². The summed E-state index contributed by atoms with van der Waals surface area (Å²) in [5, 5.41) is 3.56. The van der Waals surface area contributed by atoms with Gasteiger partial charge in [0.1, 0.15) is 12.4 Å². The van der Waals surface area contributed by atoms with Gasteiger partial charge in [0.05, 0.1) is 0 Å². The van der Waals surface area contributed by atoms with Crippen molar-refractivity contribution in [2.75, 3.05) is 0 Å². The fraction of sp³-hybridized carbons (Fsp3) is 0.375. The molecule has 1 fully saturated rings. The van der Waals surface area contributed by atoms with Gasteiger partial charge in [-0.3, -0.25) is 0 Å². The highest BCUT2D eigenvalue weighted by Gasteiger charge is 2.20. The molecule has 0 bridgehead atoms. The summed E-state index contributed by atoms with van der Waals surface area (Å²) in [4.78, 5) is 2.76. The van der Waals surface area contributed by atoms with E-state index in [1.54, 1.807) is 0 Å². The van der Waals surface area contributed by atoms with Crippen molar-refractivity contribution in [3.63, 3.8) is 0 Å². The lowest BCUT2D eigenvalue weighted by Gasteiger charge is -2.05. The van der Waals surface area contributed by atoms with E-state index in [1.165, 1.54) is 28.2 Å². The quantitative estimate of drug-likeness (QED) is 0.817. The molecule has 1 aromatic heterocycles. The number of thiophene rings is 1. The largest absolute Gasteiger partial charge is 0.489 e. The fourth-order valence-corrected chi connectivity index (χ4v) is 3.31. The zero-order chi connectivity index (χ0) is 13.9. The Morgan fingerprint density at radius 1 is 1.30 bits per heavy atom. The maximum atomic E-state index is 5.84. The van der Waals surface area contributed by atoms with Gasteiger partial charge in [-0.2, -0.15) is 0 Å². The summed E-state index contributed by atoms with van der Waals surface area (Å²) in [7, 11) is 0. The number of rotatable bonds is 6. The molecule has 0 atom stereocenters. The Kier molecular flexibility index (Phi) is 4.44. The van der Waals surface area contributed by atoms with Gasteiger partial charge >= 0.3 is 0 Å². The van der Waals surface area contributed by atoms with Crippen molar-refractivity contribution in [3.05, 3.63) is 50.1 Å². The van der Waals surface area contributed by atoms with Crippen LogP contribution >= 0.6 is 27.3 Å². The summed E-state index contributed by atoms with van der Waals surface area (Å²) < 4.78 is 6.92. The molecule has 0 aliphatic heterocycles. The van der Waals surface area contributed by atoms with E-state index in [0.717, 1.165) is 22.8 Å². The first-order valence-electron chi connectivity index (χ1n) is 6.90. The number of aryl methyl sites for hydroxylation is 1. The van der Waals surface area contributed by atoms with Crippen LogP contribution in [0.25, 0.3) is 0 Å². The molecule has 2 aromatic rings. The lowest BCUT2D eigenvalue weighted by Crippen LogP contribution is -2.14. The summed E-state index contributed by atoms with van der Waals surface area (Å²) in [5.41, 5.74) is 1.30. The average Bonchev–Trinajstić information content (AvgIpc) is 3.20. The minimum Gasteiger partial charge on any atom is -0.489 e. The Morgan fingerprint density at radius 3 is 2.75 bits per heavy atom. The first kappa shape index (κ1) is 14.1. The first-order chi connectivity index (χ1) is 9.70. The van der Waals surface area contributed by atoms with Crippen LogP contribution in [0.2, 0.25) is 0 Å². The van der Waals surface area contributed by atoms with Gasteiger partial charge in [-0.15, -0.1) is 11.3 Å². The summed E-state index contributed by atoms with van der Waals surface area (Å²) in [6, 6.07) is 11.0. The number of hydrogen-bond acceptors (Lipinski definition) is 3. The Bertz CT molecular complexity index is 575. The maximum Gasteiger partial charge on any atom is 0.119 e. The topological polar surface area (TPSA) is 21.3 Å². The highest BCUT2D eigenvalue weighted by atomic mass is 79.9. The van der Waals surface area contributed by atoms with Crippen LogP contribution in [0.15, 0.2) is 34.8 Å². The minimum atomic E-state index is 0.646. The molecular weight excluding hydrogens is 334 g/mol. The van der Waals surface area contributed by atoms with Gasteiger partial charge in [0.2, 0.25) is 0 Å². The summed E-state index contributed by atoms with van der Waals surface area (Å²) in [6.45, 7) is 3.81. The van der Waals surface area contributed by atoms with E-state index in [0.29, 0.717) is 6.61 Å². The van der Waals surface area contributed by atoms with Crippen molar-refractivity contribution < 1.29 is 4.74 Å². The zero-order valence-corrected chi connectivity index (χ0v) is 13.9. The Labute approximate surface area is 132 Å². The van der Waals surface area contributed by atoms with Gasteiger partial charge < -0.3 is 10.1 Å². The molecule has 1 N–H and O–H groups in total. The van der Waals surface area contributed by atoms with Crippen LogP contribution < -0.4 is 10.1 Å². The average molecular weight is 352 g/mol. The number of halogens is 1. The van der Waals surface area contributed by atoms with Gasteiger partial charge in [0, 0.05) is 32.4 Å². The number of ether oxygens (including phenoxy) is 1. The van der Waals surface area contributed by atoms with Crippen molar-refractivity contribution >= 4 is 27.3 Å². The van der Waals surface area contributed by atoms with Crippen molar-refractivity contribution in [2.24, 2.45) is 0 Å². The standard InChI is InChI=1S/C16H18BrNOS/c1-11-12(8-16(20-11)9-18-14-4-5-14)10-19-15-6-2-13(17)3-7-15/h2-3,6-8,14,18H,4-5,9-10H2,1H3. The van der Waals surface area contributed by atoms with Crippen LogP contribution in [-0.4, -0.2) is 6.04 Å². The van der Waals surface area contributed by atoms with Crippen molar-refractivity contribution in [1.29, 1.82) is 0 Å². The van der Waals surface area contributed by atoms with E-state index < -0.39 is 0 Å². The third-order valence-electron chi connectivity index (χ3n) is 3.42. The Morgan fingerprint density at radius 2 is 2.05 bits per heavy atom. The van der Waals surface area contributed by atoms with Crippen LogP contribution in [0.3, 0.4) is 0 Å². The zero-order valence-electron chi connectivity index (χ0n) is 11.5. The van der Waals surface area contributed by atoms with Gasteiger partial charge in [0.15, 0.2) is 0 Å². The third-order valence-corrected chi connectivity index (χ3v) is 5.04. The van der Waals surface area contributed by atoms with Crippen LogP contribution in [0, 0.1) is 6.92 Å². The summed E-state index contributed by atoms with van der Waals surface area (Å²) in [5.74, 6) is 0.913. The van der Waals surface area contributed by atoms with Crippen molar-refractivity contribution in [1.82, 2.24) is 5.32 Å². The monoisotopic (exact) mass is 351 g/mol. The molecule has 3 rings (SSSR count). The molecule has 1 aliphatic rings. The van der Waals surface area contributed by atoms with Gasteiger partial charge in [-0.05, 0) is 50.1 Å². The number of benzene rings is 1. The first-order valence-corrected chi connectivity index (χ1v) is 8.51. The second kappa shape index (κ2) is 6.29. The molecule has 0 radical (unpaired) electrons. The number of hydrogen-bond donors (Lipinski definition) is 1. The summed E-state index contributed by atoms with van der Waals surface area (Å²) in [6.07, 6.45) is 2.67. The van der Waals surface area contributed by atoms with Crippen LogP contribution in [0.4, 0.5) is 0 Å². The van der Waals surface area contributed by atoms with Crippen LogP contribution in [0.5, 0.6) is 5.75 Å². The second-order valence-corrected chi connectivity index (χ2v) is 7.45. The van der Waals surface area contributed by atoms with Crippen molar-refractivity contribution in [3.8, 4) is 5.75 Å². The molecule has 1 aliphatic carbocycles. The maximum absolute atomic E-state index is 5.84. The van der Waals surface area contributed by atoms with E-state index in [4.69, 9.17) is 4.74 Å². The van der Waals surface area contributed by atoms with E-state index >= 15 is 0 Å². The lowest BCUT2D eigenvalue weighted by molar-refractivity contribution is 0.306. The molecule has 0 unspecified atom stereocenters. The fourth-order valence-electron chi connectivity index (χ4n) is 2.04. The van der Waals surface area contributed by atoms with E-state index in [-0.39, 0.29) is 0 Å². The highest BCUT2D eigenvalue weighted by molar-refractivity contribution is 9.10. The number of nitrogens with one attached hydrogen (secondary N) is 1. The molecule has 0 saturated heterocycles. The second-order valence-electron chi connectivity index (χ2n) is 5.19. The predicted octanol–water partition coefficient (Wildman–Crippen LogP) is 4.65. The lowest BCUT2D eigenvalue weighted by atomic mass is 10.2. The van der Waals surface area contributed by atoms with Crippen LogP contribution in [-0.2, 0) is 13.2 Å². The van der Waals surface area contributed by atoms with E-state index in [9.17, 15) is 0 Å². The molecule has 1 heterocycles. The van der Waals surface area contributed by atoms with E-state index in [2.05, 4.69) is 34.2 Å². The molecule has 2 nitrogen and oxygen atoms in total. The van der Waals surface area contributed by atoms with Crippen molar-refractivity contribution in [2.45, 2.75) is 39.0 Å². The molecule has 0 spiro atoms. The smallest absolute Gasteiger partial charge is 0.119 e. The molecule has 1 aromatic carbocycles. The molecule has 0 amide bonds. The third kappa shape index (κ3) is 3.84. The normalized spacial score (nSPS) is 14.5. The highest BCUT2D eigenvalue weighted by Crippen LogP contribution is 2.25. The molecule has 1 saturated carbocycles. The van der Waals surface area contributed by atoms with Gasteiger partial charge in [0.25, 0.3) is 0 Å². The molecule has 4 heteroatoms. The summed E-state index contributed by atoms with van der Waals surface area (Å²) >= 11 is 5.30. The Balaban J connectivity index is 1.57. The van der Waals surface area contributed by atoms with Gasteiger partial charge in [-0.25, -0.2) is 0 Å².